The number of hydrogen-bond acceptors (Lipinski definition) is 6. The SMILES string of the molecule is C[C@@H](Oc1ccc2c(n1)CCN(CCC1CCC(NC(=O)Cc3cnn(C)n3)CC1)CC2)C(F)(F)F. The predicted octanol–water partition coefficient (Wildman–Crippen LogP) is 3.25. The van der Waals surface area contributed by atoms with Crippen LogP contribution in [0.2, 0.25) is 0 Å². The van der Waals surface area contributed by atoms with Gasteiger partial charge in [-0.3, -0.25) is 4.79 Å². The molecule has 1 fully saturated rings. The summed E-state index contributed by atoms with van der Waals surface area (Å²) >= 11 is 0. The average Bonchev–Trinajstić information content (AvgIpc) is 3.12. The Labute approximate surface area is 209 Å². The number of ether oxygens (including phenoxy) is 1. The number of pyridine rings is 1. The minimum absolute atomic E-state index is 0.00175. The Morgan fingerprint density at radius 2 is 1.94 bits per heavy atom. The monoisotopic (exact) mass is 508 g/mol. The molecule has 0 radical (unpaired) electrons. The Morgan fingerprint density at radius 3 is 2.64 bits per heavy atom. The van der Waals surface area contributed by atoms with E-state index in [0.717, 1.165) is 76.3 Å². The van der Waals surface area contributed by atoms with Crippen molar-refractivity contribution in [1.29, 1.82) is 0 Å². The summed E-state index contributed by atoms with van der Waals surface area (Å²) in [6.07, 6.45) is 2.43. The van der Waals surface area contributed by atoms with E-state index in [0.29, 0.717) is 18.0 Å². The Kier molecular flexibility index (Phi) is 8.48. The lowest BCUT2D eigenvalue weighted by Crippen LogP contribution is -2.39. The number of aromatic nitrogens is 4. The highest BCUT2D eigenvalue weighted by atomic mass is 19.4. The van der Waals surface area contributed by atoms with Gasteiger partial charge in [0.25, 0.3) is 0 Å². The smallest absolute Gasteiger partial charge is 0.425 e. The molecule has 1 N–H and O–H groups in total. The molecule has 2 aliphatic rings. The molecule has 3 heterocycles. The molecular weight excluding hydrogens is 473 g/mol. The van der Waals surface area contributed by atoms with E-state index in [1.165, 1.54) is 4.80 Å². The number of alkyl halides is 3. The van der Waals surface area contributed by atoms with E-state index in [9.17, 15) is 18.0 Å². The van der Waals surface area contributed by atoms with Crippen molar-refractivity contribution in [3.63, 3.8) is 0 Å². The third kappa shape index (κ3) is 7.41. The van der Waals surface area contributed by atoms with Crippen molar-refractivity contribution < 1.29 is 22.7 Å². The van der Waals surface area contributed by atoms with Crippen LogP contribution in [0.25, 0.3) is 0 Å². The summed E-state index contributed by atoms with van der Waals surface area (Å²) in [7, 11) is 1.73. The quantitative estimate of drug-likeness (QED) is 0.589. The molecule has 0 spiro atoms. The van der Waals surface area contributed by atoms with Gasteiger partial charge in [0.05, 0.1) is 18.3 Å². The van der Waals surface area contributed by atoms with Crippen LogP contribution in [0.4, 0.5) is 13.2 Å². The highest BCUT2D eigenvalue weighted by Gasteiger charge is 2.38. The van der Waals surface area contributed by atoms with E-state index in [1.54, 1.807) is 19.3 Å². The molecule has 11 heteroatoms. The summed E-state index contributed by atoms with van der Waals surface area (Å²) in [6, 6.07) is 3.62. The van der Waals surface area contributed by atoms with E-state index >= 15 is 0 Å². The van der Waals surface area contributed by atoms with E-state index in [1.807, 2.05) is 6.07 Å². The van der Waals surface area contributed by atoms with E-state index in [-0.39, 0.29) is 24.2 Å². The van der Waals surface area contributed by atoms with E-state index in [4.69, 9.17) is 4.74 Å². The zero-order valence-corrected chi connectivity index (χ0v) is 20.9. The second-order valence-electron chi connectivity index (χ2n) is 9.97. The van der Waals surface area contributed by atoms with Gasteiger partial charge in [0.1, 0.15) is 0 Å². The number of aryl methyl sites for hydroxylation is 1. The van der Waals surface area contributed by atoms with Crippen LogP contribution >= 0.6 is 0 Å². The molecule has 8 nitrogen and oxygen atoms in total. The van der Waals surface area contributed by atoms with Gasteiger partial charge in [-0.15, -0.1) is 0 Å². The van der Waals surface area contributed by atoms with Gasteiger partial charge in [0.15, 0.2) is 6.10 Å². The van der Waals surface area contributed by atoms with Gasteiger partial charge < -0.3 is 15.0 Å². The molecule has 1 amide bonds. The molecule has 1 atom stereocenters. The summed E-state index contributed by atoms with van der Waals surface area (Å²) < 4.78 is 43.4. The maximum Gasteiger partial charge on any atom is 0.425 e. The molecule has 1 aliphatic carbocycles. The number of hydrogen-bond donors (Lipinski definition) is 1. The number of rotatable bonds is 8. The molecule has 2 aromatic heterocycles. The van der Waals surface area contributed by atoms with Crippen molar-refractivity contribution in [3.05, 3.63) is 35.3 Å². The summed E-state index contributed by atoms with van der Waals surface area (Å²) in [5.41, 5.74) is 2.60. The lowest BCUT2D eigenvalue weighted by Gasteiger charge is -2.30. The van der Waals surface area contributed by atoms with Crippen LogP contribution in [-0.2, 0) is 31.1 Å². The summed E-state index contributed by atoms with van der Waals surface area (Å²) in [6.45, 7) is 3.75. The third-order valence-electron chi connectivity index (χ3n) is 7.22. The second kappa shape index (κ2) is 11.6. The van der Waals surface area contributed by atoms with Gasteiger partial charge in [0, 0.05) is 44.4 Å². The molecule has 1 saturated carbocycles. The van der Waals surface area contributed by atoms with Gasteiger partial charge in [-0.2, -0.15) is 28.2 Å². The van der Waals surface area contributed by atoms with Gasteiger partial charge in [-0.05, 0) is 63.5 Å². The van der Waals surface area contributed by atoms with Gasteiger partial charge in [-0.1, -0.05) is 6.07 Å². The van der Waals surface area contributed by atoms with E-state index < -0.39 is 12.3 Å². The first-order chi connectivity index (χ1) is 17.2. The summed E-state index contributed by atoms with van der Waals surface area (Å²) in [5, 5.41) is 11.3. The van der Waals surface area contributed by atoms with Crippen LogP contribution in [0, 0.1) is 5.92 Å². The first-order valence-electron chi connectivity index (χ1n) is 12.7. The summed E-state index contributed by atoms with van der Waals surface area (Å²) in [4.78, 5) is 20.6. The van der Waals surface area contributed by atoms with Crippen molar-refractivity contribution in [2.45, 2.75) is 76.6 Å². The van der Waals surface area contributed by atoms with Crippen LogP contribution in [0.5, 0.6) is 5.88 Å². The fourth-order valence-corrected chi connectivity index (χ4v) is 5.02. The highest BCUT2D eigenvalue weighted by Crippen LogP contribution is 2.28. The minimum atomic E-state index is -4.41. The number of carbonyl (C=O) groups is 1. The maximum absolute atomic E-state index is 12.8. The standard InChI is InChI=1S/C25H35F3N6O2/c1-17(25(26,27)28)36-24-8-5-19-10-13-34(14-11-22(19)31-24)12-9-18-3-6-20(7-4-18)30-23(35)15-21-16-29-33(2)32-21/h5,8,16-18,20H,3-4,6-7,9-15H2,1-2H3,(H,30,35)/t17-,18?,20?/m1/s1. The van der Waals surface area contributed by atoms with Crippen molar-refractivity contribution in [3.8, 4) is 5.88 Å². The third-order valence-corrected chi connectivity index (χ3v) is 7.22. The molecule has 198 valence electrons. The average molecular weight is 509 g/mol. The normalized spacial score (nSPS) is 21.9. The fourth-order valence-electron chi connectivity index (χ4n) is 5.02. The number of nitrogens with zero attached hydrogens (tertiary/aromatic N) is 5. The minimum Gasteiger partial charge on any atom is -0.465 e. The molecule has 0 aromatic carbocycles. The topological polar surface area (TPSA) is 85.2 Å². The number of fused-ring (bicyclic) bond motifs is 1. The fraction of sp³-hybridized carbons (Fsp3) is 0.680. The maximum atomic E-state index is 12.8. The molecular formula is C25H35F3N6O2. The molecule has 4 rings (SSSR count). The highest BCUT2D eigenvalue weighted by molar-refractivity contribution is 5.78. The van der Waals surface area contributed by atoms with Crippen LogP contribution in [0.3, 0.4) is 0 Å². The first-order valence-corrected chi connectivity index (χ1v) is 12.7. The molecule has 0 bridgehead atoms. The van der Waals surface area contributed by atoms with Crippen molar-refractivity contribution >= 4 is 5.91 Å². The first kappa shape index (κ1) is 26.4. The predicted molar refractivity (Wildman–Crippen MR) is 127 cm³/mol. The van der Waals surface area contributed by atoms with Gasteiger partial charge in [0.2, 0.25) is 11.8 Å². The molecule has 2 aromatic rings. The number of carbonyl (C=O) groups excluding carboxylic acids is 1. The van der Waals surface area contributed by atoms with Crippen LogP contribution in [0.15, 0.2) is 18.3 Å². The van der Waals surface area contributed by atoms with Crippen molar-refractivity contribution in [1.82, 2.24) is 30.2 Å². The molecule has 1 aliphatic heterocycles. The molecule has 0 saturated heterocycles. The Bertz CT molecular complexity index is 1020. The van der Waals surface area contributed by atoms with Crippen molar-refractivity contribution in [2.24, 2.45) is 13.0 Å². The lowest BCUT2D eigenvalue weighted by atomic mass is 9.84. The van der Waals surface area contributed by atoms with Crippen LogP contribution in [-0.4, -0.2) is 68.7 Å². The van der Waals surface area contributed by atoms with Crippen LogP contribution in [0.1, 0.15) is 56.0 Å². The summed E-state index contributed by atoms with van der Waals surface area (Å²) in [5.74, 6) is 0.677. The van der Waals surface area contributed by atoms with Gasteiger partial charge in [-0.25, -0.2) is 4.98 Å². The van der Waals surface area contributed by atoms with E-state index in [2.05, 4.69) is 25.4 Å². The largest absolute Gasteiger partial charge is 0.465 e. The van der Waals surface area contributed by atoms with Crippen molar-refractivity contribution in [2.75, 3.05) is 19.6 Å². The van der Waals surface area contributed by atoms with Gasteiger partial charge >= 0.3 is 6.18 Å². The Balaban J connectivity index is 1.17. The zero-order chi connectivity index (χ0) is 25.7. The Morgan fingerprint density at radius 1 is 1.19 bits per heavy atom. The number of amides is 1. The number of nitrogens with one attached hydrogen (secondary N) is 1. The molecule has 36 heavy (non-hydrogen) atoms. The Hall–Kier alpha value is -2.69. The lowest BCUT2D eigenvalue weighted by molar-refractivity contribution is -0.190. The van der Waals surface area contributed by atoms with Crippen LogP contribution < -0.4 is 10.1 Å². The zero-order valence-electron chi connectivity index (χ0n) is 20.9. The second-order valence-corrected chi connectivity index (χ2v) is 9.97. The molecule has 0 unspecified atom stereocenters. The number of halogens is 3.